The lowest BCUT2D eigenvalue weighted by Gasteiger charge is -2.22. The Hall–Kier alpha value is -1.62. The number of methoxy groups -OCH3 is 1. The van der Waals surface area contributed by atoms with Gasteiger partial charge in [-0.2, -0.15) is 0 Å². The van der Waals surface area contributed by atoms with Gasteiger partial charge >= 0.3 is 0 Å². The van der Waals surface area contributed by atoms with Crippen molar-refractivity contribution in [3.63, 3.8) is 0 Å². The summed E-state index contributed by atoms with van der Waals surface area (Å²) in [4.78, 5) is 15.9. The quantitative estimate of drug-likeness (QED) is 0.797. The maximum Gasteiger partial charge on any atom is 0.240 e. The highest BCUT2D eigenvalue weighted by atomic mass is 16.5. The molecule has 5 nitrogen and oxygen atoms in total. The predicted octanol–water partition coefficient (Wildman–Crippen LogP) is 1.22. The van der Waals surface area contributed by atoms with Gasteiger partial charge in [-0.25, -0.2) is 4.98 Å². The number of carbonyl (C=O) groups is 1. The highest BCUT2D eigenvalue weighted by molar-refractivity contribution is 5.85. The summed E-state index contributed by atoms with van der Waals surface area (Å²) in [7, 11) is 1.56. The summed E-state index contributed by atoms with van der Waals surface area (Å²) in [5.74, 6) is 0.417. The van der Waals surface area contributed by atoms with Gasteiger partial charge in [0.05, 0.1) is 12.6 Å². The molecule has 0 radical (unpaired) electrons. The highest BCUT2D eigenvalue weighted by Gasteiger charge is 2.26. The van der Waals surface area contributed by atoms with Crippen LogP contribution in [-0.4, -0.2) is 23.5 Å². The minimum absolute atomic E-state index is 0.139. The minimum Gasteiger partial charge on any atom is -0.481 e. The summed E-state index contributed by atoms with van der Waals surface area (Å²) in [5.41, 5.74) is 6.04. The number of hydrogen-bond acceptors (Lipinski definition) is 4. The van der Waals surface area contributed by atoms with Crippen LogP contribution in [0, 0.1) is 0 Å². The third kappa shape index (κ3) is 4.00. The molecule has 1 amide bonds. The van der Waals surface area contributed by atoms with E-state index in [0.29, 0.717) is 18.8 Å². The van der Waals surface area contributed by atoms with Crippen LogP contribution in [0.4, 0.5) is 0 Å². The first-order valence-electron chi connectivity index (χ1n) is 6.05. The molecule has 0 aromatic carbocycles. The van der Waals surface area contributed by atoms with E-state index in [2.05, 4.69) is 10.3 Å². The van der Waals surface area contributed by atoms with Crippen molar-refractivity contribution in [3.05, 3.63) is 23.9 Å². The highest BCUT2D eigenvalue weighted by Crippen LogP contribution is 2.10. The van der Waals surface area contributed by atoms with E-state index in [9.17, 15) is 4.79 Å². The molecule has 0 spiro atoms. The molecule has 0 aliphatic rings. The molecule has 1 aromatic rings. The van der Waals surface area contributed by atoms with Crippen molar-refractivity contribution in [1.29, 1.82) is 0 Å². The lowest BCUT2D eigenvalue weighted by molar-refractivity contribution is -0.126. The molecule has 1 unspecified atom stereocenters. The molecule has 0 bridgehead atoms. The molecule has 1 heterocycles. The number of aromatic nitrogens is 1. The van der Waals surface area contributed by atoms with Gasteiger partial charge < -0.3 is 15.8 Å². The Bertz CT molecular complexity index is 388. The van der Waals surface area contributed by atoms with Crippen LogP contribution in [-0.2, 0) is 11.3 Å². The van der Waals surface area contributed by atoms with Crippen molar-refractivity contribution in [2.24, 2.45) is 5.73 Å². The van der Waals surface area contributed by atoms with E-state index < -0.39 is 5.54 Å². The standard InChI is InChI=1S/C13H21N3O2/c1-4-7-13(2,14)12(17)16-9-10-5-6-11(18-3)15-8-10/h5-6,8H,4,7,9,14H2,1-3H3,(H,16,17). The number of carbonyl (C=O) groups excluding carboxylic acids is 1. The molecule has 0 aliphatic heterocycles. The molecule has 18 heavy (non-hydrogen) atoms. The van der Waals surface area contributed by atoms with E-state index in [0.717, 1.165) is 12.0 Å². The first-order valence-corrected chi connectivity index (χ1v) is 6.05. The van der Waals surface area contributed by atoms with Crippen molar-refractivity contribution in [2.75, 3.05) is 7.11 Å². The number of rotatable bonds is 6. The fourth-order valence-electron chi connectivity index (χ4n) is 1.65. The first-order chi connectivity index (χ1) is 8.49. The van der Waals surface area contributed by atoms with Gasteiger partial charge in [0.15, 0.2) is 0 Å². The second-order valence-electron chi connectivity index (χ2n) is 4.56. The van der Waals surface area contributed by atoms with Crippen molar-refractivity contribution in [2.45, 2.75) is 38.8 Å². The monoisotopic (exact) mass is 251 g/mol. The second kappa shape index (κ2) is 6.35. The molecule has 5 heteroatoms. The zero-order chi connectivity index (χ0) is 13.6. The van der Waals surface area contributed by atoms with Crippen molar-refractivity contribution < 1.29 is 9.53 Å². The Morgan fingerprint density at radius 3 is 2.78 bits per heavy atom. The number of nitrogens with zero attached hydrogens (tertiary/aromatic N) is 1. The number of ether oxygens (including phenoxy) is 1. The molecule has 100 valence electrons. The van der Waals surface area contributed by atoms with E-state index in [1.54, 1.807) is 26.3 Å². The summed E-state index contributed by atoms with van der Waals surface area (Å²) in [6.45, 7) is 4.18. The number of hydrogen-bond donors (Lipinski definition) is 2. The van der Waals surface area contributed by atoms with Gasteiger partial charge in [-0.3, -0.25) is 4.79 Å². The molecular weight excluding hydrogens is 230 g/mol. The lowest BCUT2D eigenvalue weighted by Crippen LogP contribution is -2.51. The molecule has 1 atom stereocenters. The van der Waals surface area contributed by atoms with Crippen molar-refractivity contribution in [1.82, 2.24) is 10.3 Å². The van der Waals surface area contributed by atoms with Crippen LogP contribution in [0.15, 0.2) is 18.3 Å². The summed E-state index contributed by atoms with van der Waals surface area (Å²) < 4.78 is 4.96. The van der Waals surface area contributed by atoms with Gasteiger partial charge in [0.1, 0.15) is 0 Å². The van der Waals surface area contributed by atoms with E-state index in [1.807, 2.05) is 13.0 Å². The van der Waals surface area contributed by atoms with Crippen LogP contribution >= 0.6 is 0 Å². The fourth-order valence-corrected chi connectivity index (χ4v) is 1.65. The molecule has 0 aliphatic carbocycles. The average molecular weight is 251 g/mol. The zero-order valence-electron chi connectivity index (χ0n) is 11.2. The Balaban J connectivity index is 2.51. The van der Waals surface area contributed by atoms with Gasteiger partial charge in [0.2, 0.25) is 11.8 Å². The molecule has 0 saturated heterocycles. The van der Waals surface area contributed by atoms with Crippen molar-refractivity contribution >= 4 is 5.91 Å². The van der Waals surface area contributed by atoms with Crippen molar-refractivity contribution in [3.8, 4) is 5.88 Å². The molecule has 1 aromatic heterocycles. The summed E-state index contributed by atoms with van der Waals surface area (Å²) in [6, 6.07) is 3.62. The lowest BCUT2D eigenvalue weighted by atomic mass is 9.96. The summed E-state index contributed by atoms with van der Waals surface area (Å²) in [6.07, 6.45) is 3.22. The Kier molecular flexibility index (Phi) is 5.09. The zero-order valence-corrected chi connectivity index (χ0v) is 11.2. The van der Waals surface area contributed by atoms with E-state index in [-0.39, 0.29) is 5.91 Å². The molecule has 3 N–H and O–H groups in total. The number of pyridine rings is 1. The van der Waals surface area contributed by atoms with Crippen LogP contribution in [0.5, 0.6) is 5.88 Å². The SMILES string of the molecule is CCCC(C)(N)C(=O)NCc1ccc(OC)nc1. The predicted molar refractivity (Wildman–Crippen MR) is 70.1 cm³/mol. The van der Waals surface area contributed by atoms with Gasteiger partial charge in [-0.05, 0) is 18.9 Å². The number of nitrogens with one attached hydrogen (secondary N) is 1. The first kappa shape index (κ1) is 14.4. The Morgan fingerprint density at radius 1 is 1.56 bits per heavy atom. The van der Waals surface area contributed by atoms with Gasteiger partial charge in [-0.1, -0.05) is 19.4 Å². The van der Waals surface area contributed by atoms with Gasteiger partial charge in [-0.15, -0.1) is 0 Å². The van der Waals surface area contributed by atoms with Crippen LogP contribution in [0.2, 0.25) is 0 Å². The smallest absolute Gasteiger partial charge is 0.240 e. The average Bonchev–Trinajstić information content (AvgIpc) is 2.36. The normalized spacial score (nSPS) is 13.8. The van der Waals surface area contributed by atoms with Crippen LogP contribution in [0.3, 0.4) is 0 Å². The Labute approximate surface area is 108 Å². The third-order valence-electron chi connectivity index (χ3n) is 2.75. The molecule has 1 rings (SSSR count). The molecular formula is C13H21N3O2. The second-order valence-corrected chi connectivity index (χ2v) is 4.56. The minimum atomic E-state index is -0.811. The van der Waals surface area contributed by atoms with Gasteiger partial charge in [0.25, 0.3) is 0 Å². The fraction of sp³-hybridized carbons (Fsp3) is 0.538. The Morgan fingerprint density at radius 2 is 2.28 bits per heavy atom. The molecule has 0 saturated carbocycles. The maximum absolute atomic E-state index is 11.9. The van der Waals surface area contributed by atoms with E-state index in [4.69, 9.17) is 10.5 Å². The van der Waals surface area contributed by atoms with Crippen LogP contribution < -0.4 is 15.8 Å². The maximum atomic E-state index is 11.9. The van der Waals surface area contributed by atoms with Gasteiger partial charge in [0, 0.05) is 18.8 Å². The summed E-state index contributed by atoms with van der Waals surface area (Å²) in [5, 5.41) is 2.82. The third-order valence-corrected chi connectivity index (χ3v) is 2.75. The van der Waals surface area contributed by atoms with Crippen LogP contribution in [0.1, 0.15) is 32.3 Å². The number of nitrogens with two attached hydrogens (primary N) is 1. The molecule has 0 fully saturated rings. The number of amides is 1. The van der Waals surface area contributed by atoms with E-state index in [1.165, 1.54) is 0 Å². The topological polar surface area (TPSA) is 77.2 Å². The summed E-state index contributed by atoms with van der Waals surface area (Å²) >= 11 is 0. The van der Waals surface area contributed by atoms with E-state index >= 15 is 0 Å². The largest absolute Gasteiger partial charge is 0.481 e. The van der Waals surface area contributed by atoms with Crippen LogP contribution in [0.25, 0.3) is 0 Å².